The Morgan fingerprint density at radius 2 is 1.51 bits per heavy atom. The number of hydrogen-bond acceptors (Lipinski definition) is 5. The quantitative estimate of drug-likeness (QED) is 0.168. The molecule has 0 aliphatic rings. The summed E-state index contributed by atoms with van der Waals surface area (Å²) in [5.74, 6) is 1.58. The summed E-state index contributed by atoms with van der Waals surface area (Å²) in [5.41, 5.74) is 5.40. The summed E-state index contributed by atoms with van der Waals surface area (Å²) < 4.78 is 18.5. The fourth-order valence-corrected chi connectivity index (χ4v) is 3.82. The number of amides is 1. The average molecular weight is 559 g/mol. The van der Waals surface area contributed by atoms with Crippen LogP contribution in [0, 0.1) is 0 Å². The molecule has 0 saturated carbocycles. The van der Waals surface area contributed by atoms with Crippen molar-refractivity contribution in [3.05, 3.63) is 124 Å². The zero-order chi connectivity index (χ0) is 25.9. The molecule has 0 radical (unpaired) electrons. The minimum absolute atomic E-state index is 0.367. The summed E-state index contributed by atoms with van der Waals surface area (Å²) >= 11 is 3.47. The molecule has 188 valence electrons. The third kappa shape index (κ3) is 8.22. The van der Waals surface area contributed by atoms with Gasteiger partial charge >= 0.3 is 0 Å². The third-order valence-corrected chi connectivity index (χ3v) is 5.83. The zero-order valence-electron chi connectivity index (χ0n) is 20.3. The van der Waals surface area contributed by atoms with Crippen LogP contribution in [0.3, 0.4) is 0 Å². The van der Waals surface area contributed by atoms with Gasteiger partial charge in [0.05, 0.1) is 6.21 Å². The van der Waals surface area contributed by atoms with E-state index < -0.39 is 6.10 Å². The normalized spacial score (nSPS) is 11.6. The first-order valence-electron chi connectivity index (χ1n) is 11.8. The summed E-state index contributed by atoms with van der Waals surface area (Å²) in [7, 11) is 0. The van der Waals surface area contributed by atoms with Gasteiger partial charge in [0.25, 0.3) is 5.91 Å². The van der Waals surface area contributed by atoms with Crippen LogP contribution in [0.1, 0.15) is 23.6 Å². The van der Waals surface area contributed by atoms with E-state index in [0.29, 0.717) is 24.7 Å². The molecule has 7 heteroatoms. The lowest BCUT2D eigenvalue weighted by Crippen LogP contribution is -2.33. The fourth-order valence-electron chi connectivity index (χ4n) is 3.38. The summed E-state index contributed by atoms with van der Waals surface area (Å²) in [6, 6.07) is 32.5. The number of carbonyl (C=O) groups is 1. The van der Waals surface area contributed by atoms with E-state index in [2.05, 4.69) is 26.5 Å². The van der Waals surface area contributed by atoms with Crippen molar-refractivity contribution in [1.82, 2.24) is 5.43 Å². The van der Waals surface area contributed by atoms with E-state index in [1.165, 1.54) is 0 Å². The highest BCUT2D eigenvalue weighted by atomic mass is 79.9. The molecule has 0 heterocycles. The van der Waals surface area contributed by atoms with E-state index in [1.807, 2.05) is 91.0 Å². The third-order valence-electron chi connectivity index (χ3n) is 5.33. The maximum atomic E-state index is 12.5. The lowest BCUT2D eigenvalue weighted by molar-refractivity contribution is -0.127. The lowest BCUT2D eigenvalue weighted by Gasteiger charge is -2.14. The van der Waals surface area contributed by atoms with Gasteiger partial charge in [-0.15, -0.1) is 0 Å². The Morgan fingerprint density at radius 1 is 0.838 bits per heavy atom. The van der Waals surface area contributed by atoms with Crippen molar-refractivity contribution < 1.29 is 19.0 Å². The molecule has 6 nitrogen and oxygen atoms in total. The van der Waals surface area contributed by atoms with Crippen molar-refractivity contribution in [2.24, 2.45) is 5.10 Å². The maximum absolute atomic E-state index is 12.5. The molecule has 0 aromatic heterocycles. The van der Waals surface area contributed by atoms with Crippen LogP contribution in [0.25, 0.3) is 0 Å². The van der Waals surface area contributed by atoms with Gasteiger partial charge in [-0.3, -0.25) is 4.79 Å². The molecule has 0 aliphatic heterocycles. The minimum atomic E-state index is -0.740. The lowest BCUT2D eigenvalue weighted by atomic mass is 10.2. The first-order chi connectivity index (χ1) is 18.1. The number of rotatable bonds is 11. The van der Waals surface area contributed by atoms with Gasteiger partial charge in [-0.1, -0.05) is 70.5 Å². The van der Waals surface area contributed by atoms with Gasteiger partial charge in [0, 0.05) is 10.0 Å². The molecule has 1 atom stereocenters. The molecule has 4 rings (SSSR count). The van der Waals surface area contributed by atoms with Crippen molar-refractivity contribution in [3.63, 3.8) is 0 Å². The molecule has 0 spiro atoms. The summed E-state index contributed by atoms with van der Waals surface area (Å²) in [4.78, 5) is 12.5. The van der Waals surface area contributed by atoms with E-state index in [-0.39, 0.29) is 5.91 Å². The van der Waals surface area contributed by atoms with Crippen LogP contribution in [0.15, 0.2) is 113 Å². The fraction of sp³-hybridized carbons (Fsp3) is 0.133. The molecular weight excluding hydrogens is 532 g/mol. The second-order valence-corrected chi connectivity index (χ2v) is 9.11. The molecule has 0 bridgehead atoms. The van der Waals surface area contributed by atoms with Gasteiger partial charge in [0.1, 0.15) is 30.5 Å². The number of nitrogens with one attached hydrogen (secondary N) is 1. The van der Waals surface area contributed by atoms with E-state index in [9.17, 15) is 4.79 Å². The predicted octanol–water partition coefficient (Wildman–Crippen LogP) is 6.52. The van der Waals surface area contributed by atoms with E-state index >= 15 is 0 Å². The highest BCUT2D eigenvalue weighted by molar-refractivity contribution is 9.10. The van der Waals surface area contributed by atoms with Crippen molar-refractivity contribution in [1.29, 1.82) is 0 Å². The molecular formula is C30H27BrN2O4. The van der Waals surface area contributed by atoms with Gasteiger partial charge < -0.3 is 14.2 Å². The van der Waals surface area contributed by atoms with Gasteiger partial charge in [0.15, 0.2) is 6.10 Å². The summed E-state index contributed by atoms with van der Waals surface area (Å²) in [6.07, 6.45) is 0.816. The molecule has 4 aromatic rings. The van der Waals surface area contributed by atoms with E-state index in [1.54, 1.807) is 25.3 Å². The van der Waals surface area contributed by atoms with Gasteiger partial charge in [0.2, 0.25) is 0 Å². The number of carbonyl (C=O) groups excluding carboxylic acids is 1. The summed E-state index contributed by atoms with van der Waals surface area (Å²) in [5, 5.41) is 4.09. The number of hydrogen-bond donors (Lipinski definition) is 1. The van der Waals surface area contributed by atoms with Gasteiger partial charge in [-0.2, -0.15) is 5.10 Å². The molecule has 1 N–H and O–H groups in total. The topological polar surface area (TPSA) is 69.2 Å². The number of ether oxygens (including phenoxy) is 3. The van der Waals surface area contributed by atoms with Crippen LogP contribution in [-0.2, 0) is 18.0 Å². The first-order valence-corrected chi connectivity index (χ1v) is 12.6. The first kappa shape index (κ1) is 26.0. The van der Waals surface area contributed by atoms with Gasteiger partial charge in [-0.05, 0) is 66.6 Å². The number of hydrazone groups is 1. The molecule has 0 aliphatic carbocycles. The van der Waals surface area contributed by atoms with Crippen molar-refractivity contribution in [2.45, 2.75) is 26.2 Å². The number of halogens is 1. The van der Waals surface area contributed by atoms with Crippen molar-refractivity contribution >= 4 is 28.1 Å². The second-order valence-electron chi connectivity index (χ2n) is 8.20. The van der Waals surface area contributed by atoms with Crippen LogP contribution < -0.4 is 19.6 Å². The van der Waals surface area contributed by atoms with Gasteiger partial charge in [-0.25, -0.2) is 5.43 Å². The molecule has 37 heavy (non-hydrogen) atoms. The van der Waals surface area contributed by atoms with Crippen LogP contribution >= 0.6 is 15.9 Å². The van der Waals surface area contributed by atoms with Crippen molar-refractivity contribution in [2.75, 3.05) is 0 Å². The Morgan fingerprint density at radius 3 is 2.30 bits per heavy atom. The molecule has 0 fully saturated rings. The average Bonchev–Trinajstić information content (AvgIpc) is 2.92. The highest BCUT2D eigenvalue weighted by Gasteiger charge is 2.14. The molecule has 4 aromatic carbocycles. The van der Waals surface area contributed by atoms with Crippen LogP contribution in [-0.4, -0.2) is 18.2 Å². The Hall–Kier alpha value is -4.10. The molecule has 1 amide bonds. The number of para-hydroxylation sites is 1. The van der Waals surface area contributed by atoms with Crippen LogP contribution in [0.4, 0.5) is 0 Å². The Balaban J connectivity index is 1.26. The van der Waals surface area contributed by atoms with E-state index in [4.69, 9.17) is 14.2 Å². The highest BCUT2D eigenvalue weighted by Crippen LogP contribution is 2.21. The zero-order valence-corrected chi connectivity index (χ0v) is 21.9. The SMILES string of the molecule is C[C@H](Oc1ccc(OCc2ccccc2)cc1)C(=O)N/N=C/c1ccccc1OCc1cccc(Br)c1. The minimum Gasteiger partial charge on any atom is -0.489 e. The maximum Gasteiger partial charge on any atom is 0.280 e. The Labute approximate surface area is 225 Å². The van der Waals surface area contributed by atoms with E-state index in [0.717, 1.165) is 26.9 Å². The predicted molar refractivity (Wildman–Crippen MR) is 148 cm³/mol. The molecule has 0 saturated heterocycles. The largest absolute Gasteiger partial charge is 0.489 e. The van der Waals surface area contributed by atoms with Crippen LogP contribution in [0.5, 0.6) is 17.2 Å². The Bertz CT molecular complexity index is 1330. The number of nitrogens with zero attached hydrogens (tertiary/aromatic N) is 1. The number of benzene rings is 4. The smallest absolute Gasteiger partial charge is 0.280 e. The van der Waals surface area contributed by atoms with Crippen molar-refractivity contribution in [3.8, 4) is 17.2 Å². The Kier molecular flexibility index (Phi) is 9.32. The standard InChI is InChI=1S/C30H27BrN2O4/c1-22(37-28-16-14-27(15-17-28)35-20-23-8-3-2-4-9-23)30(34)33-32-19-25-11-5-6-13-29(25)36-21-24-10-7-12-26(31)18-24/h2-19,22H,20-21H2,1H3,(H,33,34)/b32-19+/t22-/m0/s1. The van der Waals surface area contributed by atoms with Crippen LogP contribution in [0.2, 0.25) is 0 Å². The summed E-state index contributed by atoms with van der Waals surface area (Å²) in [6.45, 7) is 2.56. The second kappa shape index (κ2) is 13.3. The molecule has 0 unspecified atom stereocenters. The monoisotopic (exact) mass is 558 g/mol.